The minimum atomic E-state index is -4.48. The predicted octanol–water partition coefficient (Wildman–Crippen LogP) is 5.42. The van der Waals surface area contributed by atoms with Gasteiger partial charge in [0.2, 0.25) is 0 Å². The van der Waals surface area contributed by atoms with Gasteiger partial charge in [-0.2, -0.15) is 13.2 Å². The van der Waals surface area contributed by atoms with Gasteiger partial charge in [0.25, 0.3) is 0 Å². The molecule has 0 aromatic heterocycles. The number of hydrogen-bond acceptors (Lipinski definition) is 4. The van der Waals surface area contributed by atoms with Crippen molar-refractivity contribution in [3.8, 4) is 0 Å². The lowest BCUT2D eigenvalue weighted by Gasteiger charge is -2.37. The lowest BCUT2D eigenvalue weighted by molar-refractivity contribution is -0.137. The summed E-state index contributed by atoms with van der Waals surface area (Å²) in [6.45, 7) is 7.12. The SMILES string of the molecule is CC(C)(C)OC(=O)N1CCN(c2ccc(NCCc3ccccc3)cc2C(F)(F)F)CC1. The number of halogens is 3. The van der Waals surface area contributed by atoms with Gasteiger partial charge in [0.15, 0.2) is 0 Å². The highest BCUT2D eigenvalue weighted by atomic mass is 19.4. The fraction of sp³-hybridized carbons (Fsp3) is 0.458. The van der Waals surface area contributed by atoms with Crippen LogP contribution in [0.3, 0.4) is 0 Å². The smallest absolute Gasteiger partial charge is 0.418 e. The van der Waals surface area contributed by atoms with Crippen LogP contribution in [0, 0.1) is 0 Å². The topological polar surface area (TPSA) is 44.8 Å². The molecule has 5 nitrogen and oxygen atoms in total. The van der Waals surface area contributed by atoms with Crippen LogP contribution in [0.15, 0.2) is 48.5 Å². The first kappa shape index (κ1) is 23.8. The van der Waals surface area contributed by atoms with Gasteiger partial charge in [-0.25, -0.2) is 4.79 Å². The summed E-state index contributed by atoms with van der Waals surface area (Å²) in [6.07, 6.45) is -4.20. The first-order valence-electron chi connectivity index (χ1n) is 10.7. The van der Waals surface area contributed by atoms with Gasteiger partial charge in [-0.05, 0) is 51.0 Å². The van der Waals surface area contributed by atoms with E-state index in [4.69, 9.17) is 4.74 Å². The van der Waals surface area contributed by atoms with Crippen molar-refractivity contribution in [1.29, 1.82) is 0 Å². The van der Waals surface area contributed by atoms with Crippen molar-refractivity contribution in [2.75, 3.05) is 42.9 Å². The maximum atomic E-state index is 13.8. The molecule has 0 bridgehead atoms. The van der Waals surface area contributed by atoms with E-state index in [1.807, 2.05) is 30.3 Å². The highest BCUT2D eigenvalue weighted by molar-refractivity contribution is 5.69. The van der Waals surface area contributed by atoms with E-state index in [9.17, 15) is 18.0 Å². The second-order valence-electron chi connectivity index (χ2n) is 8.85. The molecule has 0 saturated carbocycles. The molecule has 0 radical (unpaired) electrons. The lowest BCUT2D eigenvalue weighted by atomic mass is 10.1. The van der Waals surface area contributed by atoms with Crippen LogP contribution in [0.5, 0.6) is 0 Å². The number of alkyl halides is 3. The van der Waals surface area contributed by atoms with E-state index >= 15 is 0 Å². The van der Waals surface area contributed by atoms with E-state index in [1.54, 1.807) is 31.7 Å². The number of amides is 1. The number of anilines is 2. The molecular formula is C24H30F3N3O2. The van der Waals surface area contributed by atoms with Crippen molar-refractivity contribution in [3.63, 3.8) is 0 Å². The number of ether oxygens (including phenoxy) is 1. The maximum absolute atomic E-state index is 13.8. The Morgan fingerprint density at radius 2 is 1.66 bits per heavy atom. The lowest BCUT2D eigenvalue weighted by Crippen LogP contribution is -2.50. The molecule has 2 aromatic rings. The Bertz CT molecular complexity index is 903. The molecule has 1 heterocycles. The molecule has 0 atom stereocenters. The standard InChI is InChI=1S/C24H30F3N3O2/c1-23(2,3)32-22(31)30-15-13-29(14-16-30)21-10-9-19(17-20(21)24(25,26)27)28-12-11-18-7-5-4-6-8-18/h4-10,17,28H,11-16H2,1-3H3. The van der Waals surface area contributed by atoms with Crippen molar-refractivity contribution in [1.82, 2.24) is 4.90 Å². The number of carbonyl (C=O) groups is 1. The zero-order chi connectivity index (χ0) is 23.4. The van der Waals surface area contributed by atoms with Gasteiger partial charge >= 0.3 is 12.3 Å². The van der Waals surface area contributed by atoms with Crippen molar-refractivity contribution in [2.24, 2.45) is 0 Å². The van der Waals surface area contributed by atoms with Crippen LogP contribution in [0.2, 0.25) is 0 Å². The number of piperazine rings is 1. The quantitative estimate of drug-likeness (QED) is 0.662. The summed E-state index contributed by atoms with van der Waals surface area (Å²) in [6, 6.07) is 14.1. The van der Waals surface area contributed by atoms with E-state index in [0.29, 0.717) is 38.4 Å². The van der Waals surface area contributed by atoms with Gasteiger partial charge in [0.05, 0.1) is 5.56 Å². The highest BCUT2D eigenvalue weighted by Crippen LogP contribution is 2.38. The molecule has 0 spiro atoms. The Morgan fingerprint density at radius 1 is 1.00 bits per heavy atom. The van der Waals surface area contributed by atoms with Crippen LogP contribution in [0.1, 0.15) is 31.9 Å². The third kappa shape index (κ3) is 6.55. The van der Waals surface area contributed by atoms with Crippen LogP contribution in [0.25, 0.3) is 0 Å². The number of rotatable bonds is 5. The van der Waals surface area contributed by atoms with Crippen molar-refractivity contribution in [3.05, 3.63) is 59.7 Å². The highest BCUT2D eigenvalue weighted by Gasteiger charge is 2.36. The van der Waals surface area contributed by atoms with Crippen LogP contribution in [-0.2, 0) is 17.3 Å². The van der Waals surface area contributed by atoms with Gasteiger partial charge in [0, 0.05) is 44.1 Å². The summed E-state index contributed by atoms with van der Waals surface area (Å²) in [4.78, 5) is 15.4. The summed E-state index contributed by atoms with van der Waals surface area (Å²) < 4.78 is 46.8. The van der Waals surface area contributed by atoms with Crippen LogP contribution in [0.4, 0.5) is 29.3 Å². The van der Waals surface area contributed by atoms with Crippen molar-refractivity contribution < 1.29 is 22.7 Å². The molecule has 1 aliphatic rings. The average Bonchev–Trinajstić information content (AvgIpc) is 2.73. The predicted molar refractivity (Wildman–Crippen MR) is 120 cm³/mol. The van der Waals surface area contributed by atoms with Crippen LogP contribution < -0.4 is 10.2 Å². The molecule has 1 saturated heterocycles. The molecule has 32 heavy (non-hydrogen) atoms. The maximum Gasteiger partial charge on any atom is 0.418 e. The van der Waals surface area contributed by atoms with Crippen molar-refractivity contribution >= 4 is 17.5 Å². The summed E-state index contributed by atoms with van der Waals surface area (Å²) in [7, 11) is 0. The van der Waals surface area contributed by atoms with Gasteiger partial charge in [-0.3, -0.25) is 0 Å². The Hall–Kier alpha value is -2.90. The summed E-state index contributed by atoms with van der Waals surface area (Å²) >= 11 is 0. The number of nitrogens with one attached hydrogen (secondary N) is 1. The Labute approximate surface area is 187 Å². The Kier molecular flexibility index (Phi) is 7.21. The first-order chi connectivity index (χ1) is 15.0. The average molecular weight is 450 g/mol. The van der Waals surface area contributed by atoms with Crippen LogP contribution >= 0.6 is 0 Å². The number of nitrogens with zero attached hydrogens (tertiary/aromatic N) is 2. The fourth-order valence-corrected chi connectivity index (χ4v) is 3.60. The van der Waals surface area contributed by atoms with E-state index in [2.05, 4.69) is 5.32 Å². The molecule has 174 valence electrons. The van der Waals surface area contributed by atoms with E-state index in [-0.39, 0.29) is 5.69 Å². The van der Waals surface area contributed by atoms with Gasteiger partial charge < -0.3 is 19.9 Å². The molecule has 1 fully saturated rings. The fourth-order valence-electron chi connectivity index (χ4n) is 3.60. The van der Waals surface area contributed by atoms with Gasteiger partial charge in [-0.15, -0.1) is 0 Å². The van der Waals surface area contributed by atoms with Gasteiger partial charge in [0.1, 0.15) is 5.60 Å². The molecule has 3 rings (SSSR count). The first-order valence-corrected chi connectivity index (χ1v) is 10.7. The van der Waals surface area contributed by atoms with Crippen LogP contribution in [-0.4, -0.2) is 49.3 Å². The third-order valence-electron chi connectivity index (χ3n) is 5.16. The second-order valence-corrected chi connectivity index (χ2v) is 8.85. The minimum absolute atomic E-state index is 0.134. The molecule has 8 heteroatoms. The molecule has 1 N–H and O–H groups in total. The van der Waals surface area contributed by atoms with E-state index in [0.717, 1.165) is 12.0 Å². The monoisotopic (exact) mass is 449 g/mol. The zero-order valence-corrected chi connectivity index (χ0v) is 18.7. The largest absolute Gasteiger partial charge is 0.444 e. The minimum Gasteiger partial charge on any atom is -0.444 e. The molecule has 0 unspecified atom stereocenters. The summed E-state index contributed by atoms with van der Waals surface area (Å²) in [5, 5.41) is 3.09. The third-order valence-corrected chi connectivity index (χ3v) is 5.16. The summed E-state index contributed by atoms with van der Waals surface area (Å²) in [5.41, 5.74) is 0.406. The van der Waals surface area contributed by atoms with E-state index in [1.165, 1.54) is 17.0 Å². The zero-order valence-electron chi connectivity index (χ0n) is 18.7. The molecule has 1 amide bonds. The number of benzene rings is 2. The van der Waals surface area contributed by atoms with E-state index < -0.39 is 23.4 Å². The van der Waals surface area contributed by atoms with Crippen molar-refractivity contribution in [2.45, 2.75) is 39.0 Å². The number of hydrogen-bond donors (Lipinski definition) is 1. The number of carbonyl (C=O) groups excluding carboxylic acids is 1. The normalized spacial score (nSPS) is 14.9. The molecule has 2 aromatic carbocycles. The second kappa shape index (κ2) is 9.71. The Balaban J connectivity index is 1.65. The Morgan fingerprint density at radius 3 is 2.25 bits per heavy atom. The van der Waals surface area contributed by atoms with Gasteiger partial charge in [-0.1, -0.05) is 30.3 Å². The molecule has 0 aliphatic carbocycles. The molecule has 1 aliphatic heterocycles. The molecular weight excluding hydrogens is 419 g/mol. The summed E-state index contributed by atoms with van der Waals surface area (Å²) in [5.74, 6) is 0.